The van der Waals surface area contributed by atoms with Gasteiger partial charge in [-0.1, -0.05) is 30.3 Å². The van der Waals surface area contributed by atoms with Gasteiger partial charge in [-0.25, -0.2) is 4.79 Å². The number of rotatable bonds is 2. The van der Waals surface area contributed by atoms with Gasteiger partial charge < -0.3 is 14.7 Å². The SMILES string of the molecule is O=C(OCc1ccccc1)N1CC[C@]2(O)C[C@H]2C1. The van der Waals surface area contributed by atoms with E-state index in [9.17, 15) is 9.90 Å². The van der Waals surface area contributed by atoms with E-state index in [0.717, 1.165) is 12.0 Å². The van der Waals surface area contributed by atoms with Crippen molar-refractivity contribution >= 4 is 6.09 Å². The maximum absolute atomic E-state index is 11.9. The van der Waals surface area contributed by atoms with Crippen LogP contribution in [0.2, 0.25) is 0 Å². The molecule has 0 spiro atoms. The zero-order valence-corrected chi connectivity index (χ0v) is 10.2. The zero-order chi connectivity index (χ0) is 12.6. The predicted octanol–water partition coefficient (Wildman–Crippen LogP) is 1.78. The number of piperidine rings is 1. The van der Waals surface area contributed by atoms with Gasteiger partial charge in [0.25, 0.3) is 0 Å². The maximum Gasteiger partial charge on any atom is 0.410 e. The van der Waals surface area contributed by atoms with Crippen molar-refractivity contribution in [2.45, 2.75) is 25.0 Å². The summed E-state index contributed by atoms with van der Waals surface area (Å²) in [5.41, 5.74) is 0.515. The first-order valence-corrected chi connectivity index (χ1v) is 6.35. The minimum Gasteiger partial charge on any atom is -0.445 e. The van der Waals surface area contributed by atoms with Crippen LogP contribution in [0.25, 0.3) is 0 Å². The van der Waals surface area contributed by atoms with E-state index in [1.807, 2.05) is 30.3 Å². The lowest BCUT2D eigenvalue weighted by atomic mass is 10.1. The number of ether oxygens (including phenoxy) is 1. The van der Waals surface area contributed by atoms with Crippen molar-refractivity contribution in [1.29, 1.82) is 0 Å². The molecule has 2 fully saturated rings. The number of hydrogen-bond acceptors (Lipinski definition) is 3. The van der Waals surface area contributed by atoms with Crippen LogP contribution in [0.4, 0.5) is 4.79 Å². The molecule has 0 bridgehead atoms. The van der Waals surface area contributed by atoms with Gasteiger partial charge in [0.15, 0.2) is 0 Å². The highest BCUT2D eigenvalue weighted by molar-refractivity contribution is 5.68. The van der Waals surface area contributed by atoms with Crippen molar-refractivity contribution in [3.05, 3.63) is 35.9 Å². The number of nitrogens with zero attached hydrogens (tertiary/aromatic N) is 1. The van der Waals surface area contributed by atoms with E-state index < -0.39 is 5.60 Å². The third-order valence-electron chi connectivity index (χ3n) is 3.92. The summed E-state index contributed by atoms with van der Waals surface area (Å²) in [5, 5.41) is 9.88. The zero-order valence-electron chi connectivity index (χ0n) is 10.2. The number of likely N-dealkylation sites (tertiary alicyclic amines) is 1. The fourth-order valence-electron chi connectivity index (χ4n) is 2.57. The van der Waals surface area contributed by atoms with E-state index in [0.29, 0.717) is 26.1 Å². The molecule has 1 amide bonds. The quantitative estimate of drug-likeness (QED) is 0.866. The van der Waals surface area contributed by atoms with Crippen LogP contribution in [0.1, 0.15) is 18.4 Å². The minimum absolute atomic E-state index is 0.260. The Kier molecular flexibility index (Phi) is 2.74. The van der Waals surface area contributed by atoms with Crippen LogP contribution in [-0.4, -0.2) is 34.8 Å². The van der Waals surface area contributed by atoms with Gasteiger partial charge in [0, 0.05) is 19.0 Å². The summed E-state index contributed by atoms with van der Waals surface area (Å²) in [6.07, 6.45) is 1.24. The molecule has 0 unspecified atom stereocenters. The van der Waals surface area contributed by atoms with E-state index in [1.54, 1.807) is 4.90 Å². The molecule has 1 heterocycles. The van der Waals surface area contributed by atoms with Crippen molar-refractivity contribution in [3.63, 3.8) is 0 Å². The minimum atomic E-state index is -0.476. The number of carbonyl (C=O) groups is 1. The van der Waals surface area contributed by atoms with Gasteiger partial charge >= 0.3 is 6.09 Å². The van der Waals surface area contributed by atoms with Crippen LogP contribution < -0.4 is 0 Å². The Bertz CT molecular complexity index is 448. The number of carbonyl (C=O) groups excluding carboxylic acids is 1. The molecule has 18 heavy (non-hydrogen) atoms. The highest BCUT2D eigenvalue weighted by atomic mass is 16.6. The second kappa shape index (κ2) is 4.28. The predicted molar refractivity (Wildman–Crippen MR) is 65.9 cm³/mol. The van der Waals surface area contributed by atoms with Gasteiger partial charge in [-0.15, -0.1) is 0 Å². The Morgan fingerprint density at radius 3 is 2.94 bits per heavy atom. The standard InChI is InChI=1S/C14H17NO3/c16-13(18-10-11-4-2-1-3-5-11)15-7-6-14(17)8-12(14)9-15/h1-5,12,17H,6-10H2/t12-,14-/m0/s1. The summed E-state index contributed by atoms with van der Waals surface area (Å²) in [4.78, 5) is 13.6. The number of aliphatic hydroxyl groups is 1. The lowest BCUT2D eigenvalue weighted by Crippen LogP contribution is -2.41. The molecule has 1 saturated heterocycles. The van der Waals surface area contributed by atoms with Crippen LogP contribution >= 0.6 is 0 Å². The summed E-state index contributed by atoms with van der Waals surface area (Å²) in [5.74, 6) is 0.260. The van der Waals surface area contributed by atoms with Crippen molar-refractivity contribution in [2.24, 2.45) is 5.92 Å². The summed E-state index contributed by atoms with van der Waals surface area (Å²) < 4.78 is 5.27. The Balaban J connectivity index is 1.50. The Hall–Kier alpha value is -1.55. The molecule has 1 aliphatic heterocycles. The second-order valence-electron chi connectivity index (χ2n) is 5.24. The van der Waals surface area contributed by atoms with E-state index in [-0.39, 0.29) is 12.0 Å². The van der Waals surface area contributed by atoms with Gasteiger partial charge in [-0.2, -0.15) is 0 Å². The molecule has 1 aliphatic carbocycles. The summed E-state index contributed by atoms with van der Waals surface area (Å²) in [6.45, 7) is 1.54. The molecule has 0 aromatic heterocycles. The van der Waals surface area contributed by atoms with Crippen LogP contribution in [-0.2, 0) is 11.3 Å². The molecular formula is C14H17NO3. The van der Waals surface area contributed by atoms with Crippen molar-refractivity contribution in [1.82, 2.24) is 4.90 Å². The molecular weight excluding hydrogens is 230 g/mol. The van der Waals surface area contributed by atoms with Crippen molar-refractivity contribution in [3.8, 4) is 0 Å². The van der Waals surface area contributed by atoms with Crippen LogP contribution in [0.5, 0.6) is 0 Å². The monoisotopic (exact) mass is 247 g/mol. The molecule has 2 atom stereocenters. The largest absolute Gasteiger partial charge is 0.445 e. The molecule has 4 nitrogen and oxygen atoms in total. The fourth-order valence-corrected chi connectivity index (χ4v) is 2.57. The summed E-state index contributed by atoms with van der Waals surface area (Å²) in [7, 11) is 0. The lowest BCUT2D eigenvalue weighted by molar-refractivity contribution is 0.0471. The summed E-state index contributed by atoms with van der Waals surface area (Å²) in [6, 6.07) is 9.65. The first-order chi connectivity index (χ1) is 8.67. The van der Waals surface area contributed by atoms with Gasteiger partial charge in [-0.3, -0.25) is 0 Å². The van der Waals surface area contributed by atoms with E-state index in [1.165, 1.54) is 0 Å². The Morgan fingerprint density at radius 2 is 2.22 bits per heavy atom. The first-order valence-electron chi connectivity index (χ1n) is 6.35. The lowest BCUT2D eigenvalue weighted by Gasteiger charge is -2.28. The van der Waals surface area contributed by atoms with E-state index >= 15 is 0 Å². The molecule has 1 aromatic rings. The average molecular weight is 247 g/mol. The molecule has 1 aromatic carbocycles. The number of hydrogen-bond donors (Lipinski definition) is 1. The highest BCUT2D eigenvalue weighted by Gasteiger charge is 2.56. The number of benzene rings is 1. The third-order valence-corrected chi connectivity index (χ3v) is 3.92. The van der Waals surface area contributed by atoms with E-state index in [4.69, 9.17) is 4.74 Å². The first kappa shape index (κ1) is 11.5. The van der Waals surface area contributed by atoms with Gasteiger partial charge in [0.2, 0.25) is 0 Å². The normalized spacial score (nSPS) is 29.6. The van der Waals surface area contributed by atoms with Crippen LogP contribution in [0, 0.1) is 5.92 Å². The molecule has 2 aliphatic rings. The van der Waals surface area contributed by atoms with Crippen molar-refractivity contribution in [2.75, 3.05) is 13.1 Å². The molecule has 1 saturated carbocycles. The third kappa shape index (κ3) is 2.20. The average Bonchev–Trinajstić information content (AvgIpc) is 3.07. The van der Waals surface area contributed by atoms with Gasteiger partial charge in [0.05, 0.1) is 5.60 Å². The van der Waals surface area contributed by atoms with Crippen molar-refractivity contribution < 1.29 is 14.6 Å². The molecule has 3 rings (SSSR count). The maximum atomic E-state index is 11.9. The molecule has 0 radical (unpaired) electrons. The number of fused-ring (bicyclic) bond motifs is 1. The second-order valence-corrected chi connectivity index (χ2v) is 5.24. The smallest absolute Gasteiger partial charge is 0.410 e. The van der Waals surface area contributed by atoms with Gasteiger partial charge in [0.1, 0.15) is 6.61 Å². The highest BCUT2D eigenvalue weighted by Crippen LogP contribution is 2.49. The van der Waals surface area contributed by atoms with Crippen LogP contribution in [0.3, 0.4) is 0 Å². The fraction of sp³-hybridized carbons (Fsp3) is 0.500. The topological polar surface area (TPSA) is 49.8 Å². The van der Waals surface area contributed by atoms with Crippen LogP contribution in [0.15, 0.2) is 30.3 Å². The molecule has 4 heteroatoms. The summed E-state index contributed by atoms with van der Waals surface area (Å²) >= 11 is 0. The molecule has 96 valence electrons. The number of amides is 1. The Labute approximate surface area is 106 Å². The Morgan fingerprint density at radius 1 is 1.44 bits per heavy atom. The molecule has 1 N–H and O–H groups in total. The van der Waals surface area contributed by atoms with Gasteiger partial charge in [-0.05, 0) is 18.4 Å². The van der Waals surface area contributed by atoms with E-state index in [2.05, 4.69) is 0 Å².